The first-order valence-corrected chi connectivity index (χ1v) is 7.54. The maximum absolute atomic E-state index is 10.9. The molecule has 5 nitrogen and oxygen atoms in total. The molecule has 1 amide bonds. The first kappa shape index (κ1) is 15.4. The van der Waals surface area contributed by atoms with E-state index in [1.165, 1.54) is 0 Å². The number of hydrogen-bond donors (Lipinski definition) is 2. The largest absolute Gasteiger partial charge is 0.489 e. The summed E-state index contributed by atoms with van der Waals surface area (Å²) in [4.78, 5) is 10.9. The molecule has 0 saturated heterocycles. The van der Waals surface area contributed by atoms with Crippen LogP contribution >= 0.6 is 0 Å². The van der Waals surface area contributed by atoms with Crippen LogP contribution in [-0.2, 0) is 17.8 Å². The Bertz CT molecular complexity index is 687. The lowest BCUT2D eigenvalue weighted by Gasteiger charge is -2.16. The molecule has 1 aliphatic heterocycles. The van der Waals surface area contributed by atoms with E-state index >= 15 is 0 Å². The molecular formula is C18H19NO4. The van der Waals surface area contributed by atoms with Gasteiger partial charge < -0.3 is 20.3 Å². The van der Waals surface area contributed by atoms with Crippen molar-refractivity contribution in [2.75, 3.05) is 0 Å². The highest BCUT2D eigenvalue weighted by Gasteiger charge is 2.30. The number of rotatable bonds is 6. The van der Waals surface area contributed by atoms with Crippen LogP contribution in [0, 0.1) is 0 Å². The second-order valence-corrected chi connectivity index (χ2v) is 5.64. The minimum Gasteiger partial charge on any atom is -0.489 e. The van der Waals surface area contributed by atoms with Crippen LogP contribution in [0.3, 0.4) is 0 Å². The highest BCUT2D eigenvalue weighted by molar-refractivity contribution is 5.74. The van der Waals surface area contributed by atoms with Crippen molar-refractivity contribution in [3.05, 3.63) is 59.7 Å². The zero-order valence-corrected chi connectivity index (χ0v) is 12.6. The predicted molar refractivity (Wildman–Crippen MR) is 85.2 cm³/mol. The quantitative estimate of drug-likeness (QED) is 0.852. The van der Waals surface area contributed by atoms with Gasteiger partial charge in [-0.3, -0.25) is 4.79 Å². The Kier molecular flexibility index (Phi) is 4.48. The number of ether oxygens (including phenoxy) is 2. The molecule has 120 valence electrons. The minimum atomic E-state index is -0.895. The number of carbonyl (C=O) groups is 1. The van der Waals surface area contributed by atoms with E-state index in [-0.39, 0.29) is 6.42 Å². The molecule has 5 heteroatoms. The highest BCUT2D eigenvalue weighted by atomic mass is 16.5. The van der Waals surface area contributed by atoms with Crippen LogP contribution in [0.1, 0.15) is 17.5 Å². The molecule has 23 heavy (non-hydrogen) atoms. The molecule has 0 fully saturated rings. The van der Waals surface area contributed by atoms with Crippen LogP contribution in [0.5, 0.6) is 11.5 Å². The highest BCUT2D eigenvalue weighted by Crippen LogP contribution is 2.34. The van der Waals surface area contributed by atoms with Crippen molar-refractivity contribution >= 4 is 5.91 Å². The van der Waals surface area contributed by atoms with E-state index in [0.29, 0.717) is 24.5 Å². The van der Waals surface area contributed by atoms with E-state index in [1.54, 1.807) is 0 Å². The molecule has 2 aromatic rings. The fourth-order valence-electron chi connectivity index (χ4n) is 2.62. The minimum absolute atomic E-state index is 0.101. The van der Waals surface area contributed by atoms with Gasteiger partial charge in [-0.05, 0) is 17.2 Å². The van der Waals surface area contributed by atoms with Gasteiger partial charge >= 0.3 is 0 Å². The second-order valence-electron chi connectivity index (χ2n) is 5.64. The van der Waals surface area contributed by atoms with Gasteiger partial charge in [0.2, 0.25) is 5.91 Å². The van der Waals surface area contributed by atoms with Crippen molar-refractivity contribution in [2.45, 2.75) is 31.7 Å². The van der Waals surface area contributed by atoms with Crippen LogP contribution in [0.4, 0.5) is 0 Å². The van der Waals surface area contributed by atoms with E-state index in [9.17, 15) is 9.90 Å². The summed E-state index contributed by atoms with van der Waals surface area (Å²) in [5.41, 5.74) is 7.19. The number of carbonyl (C=O) groups excluding carboxylic acids is 1. The number of aliphatic hydroxyl groups is 1. The van der Waals surface area contributed by atoms with E-state index in [0.717, 1.165) is 11.1 Å². The van der Waals surface area contributed by atoms with Gasteiger partial charge in [-0.1, -0.05) is 36.4 Å². The zero-order chi connectivity index (χ0) is 16.2. The summed E-state index contributed by atoms with van der Waals surface area (Å²) < 4.78 is 11.5. The monoisotopic (exact) mass is 313 g/mol. The molecule has 0 spiro atoms. The number of fused-ring (bicyclic) bond motifs is 1. The average Bonchev–Trinajstić information content (AvgIpc) is 2.96. The van der Waals surface area contributed by atoms with Gasteiger partial charge in [-0.15, -0.1) is 0 Å². The van der Waals surface area contributed by atoms with Crippen LogP contribution in [-0.4, -0.2) is 23.2 Å². The Balaban J connectivity index is 1.62. The average molecular weight is 313 g/mol. The standard InChI is InChI=1S/C18H19NO4/c19-18(21)10-15(20)17-8-13-6-7-14(9-16(13)23-17)22-11-12-4-2-1-3-5-12/h1-7,9,15,17,20H,8,10-11H2,(H2,19,21). The van der Waals surface area contributed by atoms with Crippen molar-refractivity contribution in [3.8, 4) is 11.5 Å². The smallest absolute Gasteiger partial charge is 0.220 e. The lowest BCUT2D eigenvalue weighted by atomic mass is 10.0. The number of benzene rings is 2. The number of aliphatic hydroxyl groups excluding tert-OH is 1. The normalized spacial score (nSPS) is 17.2. The van der Waals surface area contributed by atoms with Gasteiger partial charge in [-0.25, -0.2) is 0 Å². The number of nitrogens with two attached hydrogens (primary N) is 1. The summed E-state index contributed by atoms with van der Waals surface area (Å²) in [5, 5.41) is 9.96. The molecule has 2 unspecified atom stereocenters. The molecule has 3 rings (SSSR count). The van der Waals surface area contributed by atoms with Gasteiger partial charge in [-0.2, -0.15) is 0 Å². The zero-order valence-electron chi connectivity index (χ0n) is 12.6. The Morgan fingerprint density at radius 1 is 1.30 bits per heavy atom. The molecule has 2 aromatic carbocycles. The molecule has 0 saturated carbocycles. The Morgan fingerprint density at radius 2 is 2.09 bits per heavy atom. The summed E-state index contributed by atoms with van der Waals surface area (Å²) >= 11 is 0. The van der Waals surface area contributed by atoms with Crippen molar-refractivity contribution in [3.63, 3.8) is 0 Å². The Labute approximate surface area is 134 Å². The molecule has 2 atom stereocenters. The summed E-state index contributed by atoms with van der Waals surface area (Å²) in [7, 11) is 0. The maximum atomic E-state index is 10.9. The summed E-state index contributed by atoms with van der Waals surface area (Å²) in [6.07, 6.45) is -0.880. The van der Waals surface area contributed by atoms with Gasteiger partial charge in [0.25, 0.3) is 0 Å². The third-order valence-corrected chi connectivity index (χ3v) is 3.83. The maximum Gasteiger partial charge on any atom is 0.220 e. The number of hydrogen-bond acceptors (Lipinski definition) is 4. The molecule has 0 aromatic heterocycles. The summed E-state index contributed by atoms with van der Waals surface area (Å²) in [6, 6.07) is 15.5. The van der Waals surface area contributed by atoms with E-state index in [4.69, 9.17) is 15.2 Å². The lowest BCUT2D eigenvalue weighted by molar-refractivity contribution is -0.121. The third-order valence-electron chi connectivity index (χ3n) is 3.83. The van der Waals surface area contributed by atoms with Crippen molar-refractivity contribution < 1.29 is 19.4 Å². The van der Waals surface area contributed by atoms with E-state index in [1.807, 2.05) is 48.5 Å². The molecule has 0 aliphatic carbocycles. The Hall–Kier alpha value is -2.53. The summed E-state index contributed by atoms with van der Waals surface area (Å²) in [6.45, 7) is 0.480. The molecule has 1 aliphatic rings. The number of primary amides is 1. The van der Waals surface area contributed by atoms with Crippen molar-refractivity contribution in [2.24, 2.45) is 5.73 Å². The third kappa shape index (κ3) is 3.81. The van der Waals surface area contributed by atoms with Crippen LogP contribution in [0.2, 0.25) is 0 Å². The fourth-order valence-corrected chi connectivity index (χ4v) is 2.62. The van der Waals surface area contributed by atoms with Crippen LogP contribution in [0.25, 0.3) is 0 Å². The van der Waals surface area contributed by atoms with Gasteiger partial charge in [0, 0.05) is 12.5 Å². The molecule has 0 bridgehead atoms. The topological polar surface area (TPSA) is 81.8 Å². The molecular weight excluding hydrogens is 294 g/mol. The first-order chi connectivity index (χ1) is 11.1. The van der Waals surface area contributed by atoms with Gasteiger partial charge in [0.15, 0.2) is 0 Å². The van der Waals surface area contributed by atoms with E-state index in [2.05, 4.69) is 0 Å². The van der Waals surface area contributed by atoms with Gasteiger partial charge in [0.1, 0.15) is 24.2 Å². The SMILES string of the molecule is NC(=O)CC(O)C1Cc2ccc(OCc3ccccc3)cc2O1. The van der Waals surface area contributed by atoms with Crippen molar-refractivity contribution in [1.82, 2.24) is 0 Å². The van der Waals surface area contributed by atoms with Crippen LogP contribution in [0.15, 0.2) is 48.5 Å². The predicted octanol–water partition coefficient (Wildman–Crippen LogP) is 1.81. The lowest BCUT2D eigenvalue weighted by Crippen LogP contribution is -2.34. The van der Waals surface area contributed by atoms with Crippen molar-refractivity contribution in [1.29, 1.82) is 0 Å². The first-order valence-electron chi connectivity index (χ1n) is 7.54. The van der Waals surface area contributed by atoms with E-state index < -0.39 is 18.1 Å². The molecule has 0 radical (unpaired) electrons. The fraction of sp³-hybridized carbons (Fsp3) is 0.278. The number of amides is 1. The van der Waals surface area contributed by atoms with Crippen LogP contribution < -0.4 is 15.2 Å². The Morgan fingerprint density at radius 3 is 2.83 bits per heavy atom. The molecule has 3 N–H and O–H groups in total. The molecule has 1 heterocycles. The second kappa shape index (κ2) is 6.71. The summed E-state index contributed by atoms with van der Waals surface area (Å²) in [5.74, 6) is 0.852. The van der Waals surface area contributed by atoms with Gasteiger partial charge in [0.05, 0.1) is 12.5 Å².